The molecule has 0 amide bonds. The summed E-state index contributed by atoms with van der Waals surface area (Å²) in [5.41, 5.74) is 29.7. The first-order chi connectivity index (χ1) is 67.0. The molecule has 0 aliphatic carbocycles. The van der Waals surface area contributed by atoms with Gasteiger partial charge in [-0.15, -0.1) is 0 Å². The van der Waals surface area contributed by atoms with Crippen LogP contribution in [0.4, 0.5) is 51.2 Å². The van der Waals surface area contributed by atoms with Crippen LogP contribution in [0.25, 0.3) is 165 Å². The number of aromatic nitrogens is 9. The van der Waals surface area contributed by atoms with Gasteiger partial charge in [0.2, 0.25) is 0 Å². The topological polar surface area (TPSA) is 78.0 Å². The summed E-state index contributed by atoms with van der Waals surface area (Å²) in [4.78, 5) is 20.5. The van der Waals surface area contributed by atoms with Crippen molar-refractivity contribution in [1.82, 2.24) is 42.4 Å². The normalized spacial score (nSPS) is 11.6. The molecule has 12 nitrogen and oxygen atoms in total. The van der Waals surface area contributed by atoms with Crippen molar-refractivity contribution in [2.75, 3.05) is 14.7 Å². The van der Waals surface area contributed by atoms with Crippen molar-refractivity contribution in [3.05, 3.63) is 510 Å². The molecule has 0 aliphatic rings. The van der Waals surface area contributed by atoms with E-state index in [-0.39, 0.29) is 0 Å². The molecule has 0 fully saturated rings. The molecule has 0 radical (unpaired) electrons. The third-order valence-electron chi connectivity index (χ3n) is 26.3. The standard InChI is InChI=1S/3C41H28N4/c1-3-12-29(13-4-1)43(31-21-23-40-36(26-31)34-17-7-9-19-38(34)44(40)30-14-5-2-6-15-30)32-22-24-41-37(27-32)35-18-8-10-20-39(35)45(41)33-16-11-25-42-28-33;1-3-12-29(13-4-1)43(30-14-5-2-6-15-30)31-21-23-40-36(26-31)34-17-7-9-19-38(34)44(40)32-22-24-41-37(27-32)35-18-8-10-20-39(35)45(41)33-16-11-25-42-28-33;1-2-12-29(13-3-1)43(30-21-23-31(24-22-30)44-37-17-7-4-14-33(37)34-15-5-8-18-38(34)44)32-25-26-40-36(28-32)35-16-6-9-19-39(35)45(40)41-20-10-11-27-42-41/h3*1-28H. The molecule has 0 spiro atoms. The lowest BCUT2D eigenvalue weighted by atomic mass is 10.1. The minimum Gasteiger partial charge on any atom is -0.310 e. The number of nitrogens with zero attached hydrogens (tertiary/aromatic N) is 12. The summed E-state index contributed by atoms with van der Waals surface area (Å²) in [7, 11) is 0. The van der Waals surface area contributed by atoms with Gasteiger partial charge in [-0.1, -0.05) is 224 Å². The summed E-state index contributed by atoms with van der Waals surface area (Å²) >= 11 is 0. The smallest absolute Gasteiger partial charge is 0.137 e. The molecule has 18 aromatic carbocycles. The Morgan fingerprint density at radius 3 is 0.704 bits per heavy atom. The van der Waals surface area contributed by atoms with E-state index in [0.717, 1.165) is 108 Å². The highest BCUT2D eigenvalue weighted by atomic mass is 15.2. The van der Waals surface area contributed by atoms with E-state index >= 15 is 0 Å². The summed E-state index contributed by atoms with van der Waals surface area (Å²) in [6.07, 6.45) is 9.35. The summed E-state index contributed by atoms with van der Waals surface area (Å²) < 4.78 is 14.0. The molecule has 9 heterocycles. The van der Waals surface area contributed by atoms with Crippen LogP contribution in [0.5, 0.6) is 0 Å². The lowest BCUT2D eigenvalue weighted by Gasteiger charge is -2.26. The lowest BCUT2D eigenvalue weighted by molar-refractivity contribution is 1.08. The average Bonchev–Trinajstić information content (AvgIpc) is 1.55. The Labute approximate surface area is 778 Å². The SMILES string of the molecule is c1ccc(N(c2ccc(-n3c4ccccc4c4ccccc43)cc2)c2ccc3c(c2)c2ccccc2n3-c2ccccn2)cc1.c1ccc(N(c2ccc3c(c2)c2ccccc2n3-c2ccccc2)c2ccc3c(c2)c2ccccc2n3-c2cccnc2)cc1.c1ccc(N(c2ccccc2)c2ccc3c(c2)c2ccccc2n3-c2ccc3c(c2)c2ccccc2n3-c2cccnc2)cc1. The van der Waals surface area contributed by atoms with Gasteiger partial charge in [-0.3, -0.25) is 14.5 Å². The van der Waals surface area contributed by atoms with E-state index < -0.39 is 0 Å². The Balaban J connectivity index is 0.000000108. The fourth-order valence-corrected chi connectivity index (χ4v) is 20.5. The Kier molecular flexibility index (Phi) is 19.6. The van der Waals surface area contributed by atoms with Crippen molar-refractivity contribution < 1.29 is 0 Å². The highest BCUT2D eigenvalue weighted by Gasteiger charge is 2.26. The summed E-state index contributed by atoms with van der Waals surface area (Å²) in [6.45, 7) is 0. The van der Waals surface area contributed by atoms with Crippen molar-refractivity contribution in [2.24, 2.45) is 0 Å². The van der Waals surface area contributed by atoms with Gasteiger partial charge >= 0.3 is 0 Å². The second-order valence-electron chi connectivity index (χ2n) is 34.0. The predicted molar refractivity (Wildman–Crippen MR) is 563 cm³/mol. The van der Waals surface area contributed by atoms with E-state index in [1.54, 1.807) is 0 Å². The van der Waals surface area contributed by atoms with E-state index in [1.807, 2.05) is 55.2 Å². The Bertz CT molecular complexity index is 8860. The monoisotopic (exact) mass is 1730 g/mol. The fraction of sp³-hybridized carbons (Fsp3) is 0. The van der Waals surface area contributed by atoms with Gasteiger partial charge in [-0.05, 0) is 255 Å². The zero-order valence-electron chi connectivity index (χ0n) is 73.4. The van der Waals surface area contributed by atoms with E-state index in [4.69, 9.17) is 4.98 Å². The Morgan fingerprint density at radius 2 is 0.370 bits per heavy atom. The van der Waals surface area contributed by atoms with Gasteiger partial charge in [-0.25, -0.2) is 4.98 Å². The fourth-order valence-electron chi connectivity index (χ4n) is 20.5. The first-order valence-electron chi connectivity index (χ1n) is 45.7. The zero-order chi connectivity index (χ0) is 89.2. The summed E-state index contributed by atoms with van der Waals surface area (Å²) in [5.74, 6) is 0.914. The summed E-state index contributed by atoms with van der Waals surface area (Å²) in [5, 5.41) is 14.7. The highest BCUT2D eigenvalue weighted by molar-refractivity contribution is 6.17. The van der Waals surface area contributed by atoms with Gasteiger partial charge in [0, 0.05) is 151 Å². The molecule has 27 rings (SSSR count). The number of pyridine rings is 3. The van der Waals surface area contributed by atoms with Crippen LogP contribution >= 0.6 is 0 Å². The maximum atomic E-state index is 4.69. The minimum absolute atomic E-state index is 0.914. The van der Waals surface area contributed by atoms with Crippen molar-refractivity contribution in [3.63, 3.8) is 0 Å². The molecule has 0 unspecified atom stereocenters. The third-order valence-corrected chi connectivity index (χ3v) is 26.3. The summed E-state index contributed by atoms with van der Waals surface area (Å²) in [6, 6.07) is 171. The Morgan fingerprint density at radius 1 is 0.141 bits per heavy atom. The zero-order valence-corrected chi connectivity index (χ0v) is 73.4. The number of benzene rings is 18. The first kappa shape index (κ1) is 78.8. The molecular formula is C123H84N12. The maximum Gasteiger partial charge on any atom is 0.137 e. The van der Waals surface area contributed by atoms with Gasteiger partial charge in [0.1, 0.15) is 5.82 Å². The number of rotatable bonds is 15. The van der Waals surface area contributed by atoms with Crippen LogP contribution in [-0.4, -0.2) is 42.4 Å². The molecule has 27 aromatic rings. The molecule has 636 valence electrons. The number of fused-ring (bicyclic) bond motifs is 18. The third kappa shape index (κ3) is 13.7. The highest BCUT2D eigenvalue weighted by Crippen LogP contribution is 2.47. The van der Waals surface area contributed by atoms with Crippen molar-refractivity contribution >= 4 is 182 Å². The van der Waals surface area contributed by atoms with Gasteiger partial charge in [-0.2, -0.15) is 0 Å². The average molecular weight is 1730 g/mol. The molecular weight excluding hydrogens is 1650 g/mol. The molecule has 0 saturated carbocycles. The molecule has 0 bridgehead atoms. The number of para-hydroxylation sites is 12. The van der Waals surface area contributed by atoms with E-state index in [2.05, 4.69) is 507 Å². The van der Waals surface area contributed by atoms with Gasteiger partial charge in [0.05, 0.1) is 90.0 Å². The van der Waals surface area contributed by atoms with Crippen molar-refractivity contribution in [3.8, 4) is 34.3 Å². The number of anilines is 9. The van der Waals surface area contributed by atoms with E-state index in [1.165, 1.54) is 109 Å². The van der Waals surface area contributed by atoms with Crippen LogP contribution in [0.3, 0.4) is 0 Å². The number of hydrogen-bond donors (Lipinski definition) is 0. The minimum atomic E-state index is 0.914. The van der Waals surface area contributed by atoms with E-state index in [9.17, 15) is 0 Å². The van der Waals surface area contributed by atoms with Crippen LogP contribution in [-0.2, 0) is 0 Å². The van der Waals surface area contributed by atoms with Crippen LogP contribution in [0.1, 0.15) is 0 Å². The maximum absolute atomic E-state index is 4.69. The second-order valence-corrected chi connectivity index (χ2v) is 34.0. The molecule has 0 atom stereocenters. The Hall–Kier alpha value is -18.4. The molecule has 9 aromatic heterocycles. The van der Waals surface area contributed by atoms with Crippen LogP contribution in [0, 0.1) is 0 Å². The molecule has 0 aliphatic heterocycles. The molecule has 135 heavy (non-hydrogen) atoms. The van der Waals surface area contributed by atoms with Crippen LogP contribution in [0.15, 0.2) is 510 Å². The first-order valence-corrected chi connectivity index (χ1v) is 45.7. The van der Waals surface area contributed by atoms with Gasteiger partial charge in [0.25, 0.3) is 0 Å². The molecule has 12 heteroatoms. The van der Waals surface area contributed by atoms with Crippen molar-refractivity contribution in [2.45, 2.75) is 0 Å². The predicted octanol–water partition coefficient (Wildman–Crippen LogP) is 32.2. The molecule has 0 saturated heterocycles. The van der Waals surface area contributed by atoms with Crippen molar-refractivity contribution in [1.29, 1.82) is 0 Å². The lowest BCUT2D eigenvalue weighted by Crippen LogP contribution is -2.10. The second kappa shape index (κ2) is 33.6. The van der Waals surface area contributed by atoms with Gasteiger partial charge in [0.15, 0.2) is 0 Å². The van der Waals surface area contributed by atoms with Crippen LogP contribution in [0.2, 0.25) is 0 Å². The quantitative estimate of drug-likeness (QED) is 0.102. The number of hydrogen-bond acceptors (Lipinski definition) is 6. The van der Waals surface area contributed by atoms with E-state index in [0.29, 0.717) is 0 Å². The largest absolute Gasteiger partial charge is 0.310 e. The van der Waals surface area contributed by atoms with Gasteiger partial charge < -0.3 is 37.5 Å². The van der Waals surface area contributed by atoms with Crippen LogP contribution < -0.4 is 14.7 Å². The molecule has 0 N–H and O–H groups in total.